The monoisotopic (exact) mass is 881 g/mol. The van der Waals surface area contributed by atoms with Gasteiger partial charge in [-0.25, -0.2) is 9.59 Å². The van der Waals surface area contributed by atoms with Crippen molar-refractivity contribution in [1.29, 1.82) is 0 Å². The van der Waals surface area contributed by atoms with Crippen molar-refractivity contribution >= 4 is 29.8 Å². The van der Waals surface area contributed by atoms with E-state index >= 15 is 0 Å². The van der Waals surface area contributed by atoms with E-state index < -0.39 is 60.7 Å². The van der Waals surface area contributed by atoms with Crippen molar-refractivity contribution in [1.82, 2.24) is 21.3 Å². The number of hydrogen-bond acceptors (Lipinski definition) is 16. The fraction of sp³-hybridized carbons (Fsp3) is 0.868. The number of aliphatic carboxylic acids is 1. The molecule has 0 spiro atoms. The highest BCUT2D eigenvalue weighted by molar-refractivity contribution is 5.91. The molecule has 0 saturated heterocycles. The highest BCUT2D eigenvalue weighted by Gasteiger charge is 2.28. The van der Waals surface area contributed by atoms with Crippen molar-refractivity contribution in [2.45, 2.75) is 71.6 Å². The largest absolute Gasteiger partial charge is 0.480 e. The number of carboxylic acid groups (broad SMARTS) is 1. The van der Waals surface area contributed by atoms with Crippen LogP contribution in [0.2, 0.25) is 0 Å². The van der Waals surface area contributed by atoms with E-state index in [2.05, 4.69) is 31.3 Å². The zero-order valence-electron chi connectivity index (χ0n) is 36.6. The molecule has 0 saturated carbocycles. The predicted molar refractivity (Wildman–Crippen MR) is 219 cm³/mol. The van der Waals surface area contributed by atoms with E-state index in [0.717, 1.165) is 0 Å². The van der Waals surface area contributed by atoms with Gasteiger partial charge in [-0.2, -0.15) is 0 Å². The highest BCUT2D eigenvalue weighted by Crippen LogP contribution is 2.08. The van der Waals surface area contributed by atoms with Crippen LogP contribution in [-0.2, 0) is 66.5 Å². The number of unbranched alkanes of at least 4 members (excludes halogenated alkanes) is 1. The molecule has 61 heavy (non-hydrogen) atoms. The molecule has 5 N–H and O–H groups in total. The molecule has 0 radical (unpaired) electrons. The van der Waals surface area contributed by atoms with Crippen LogP contribution in [0, 0.1) is 5.92 Å². The van der Waals surface area contributed by atoms with Crippen LogP contribution in [0.25, 0.3) is 10.4 Å². The molecule has 2 atom stereocenters. The topological polar surface area (TPSA) is 295 Å². The Labute approximate surface area is 358 Å². The summed E-state index contributed by atoms with van der Waals surface area (Å²) in [5.74, 6) is -3.38. The number of hydrogen-bond donors (Lipinski definition) is 5. The number of azide groups is 1. The number of alkyl carbamates (subject to hydrolysis) is 1. The predicted octanol–water partition coefficient (Wildman–Crippen LogP) is 0.968. The van der Waals surface area contributed by atoms with Crippen LogP contribution < -0.4 is 21.3 Å². The first-order chi connectivity index (χ1) is 29.3. The second kappa shape index (κ2) is 39.0. The first-order valence-electron chi connectivity index (χ1n) is 20.5. The lowest BCUT2D eigenvalue weighted by Crippen LogP contribution is -2.54. The minimum absolute atomic E-state index is 0.111. The molecule has 354 valence electrons. The molecule has 0 heterocycles. The molecule has 23 heteroatoms. The van der Waals surface area contributed by atoms with E-state index in [4.69, 9.17) is 52.9 Å². The van der Waals surface area contributed by atoms with Crippen molar-refractivity contribution in [2.75, 3.05) is 139 Å². The summed E-state index contributed by atoms with van der Waals surface area (Å²) in [6.07, 6.45) is 0.402. The summed E-state index contributed by atoms with van der Waals surface area (Å²) < 4.78 is 53.5. The van der Waals surface area contributed by atoms with Crippen LogP contribution in [-0.4, -0.2) is 191 Å². The minimum atomic E-state index is -1.23. The second-order valence-corrected chi connectivity index (χ2v) is 14.3. The Morgan fingerprint density at radius 2 is 1.07 bits per heavy atom. The molecule has 0 unspecified atom stereocenters. The maximum atomic E-state index is 12.9. The summed E-state index contributed by atoms with van der Waals surface area (Å²) in [6, 6.07) is -2.23. The van der Waals surface area contributed by atoms with Crippen molar-refractivity contribution in [3.05, 3.63) is 10.4 Å². The van der Waals surface area contributed by atoms with Crippen LogP contribution in [0.3, 0.4) is 0 Å². The van der Waals surface area contributed by atoms with Gasteiger partial charge in [0.25, 0.3) is 0 Å². The van der Waals surface area contributed by atoms with Crippen LogP contribution in [0.4, 0.5) is 4.79 Å². The second-order valence-electron chi connectivity index (χ2n) is 14.3. The number of carbonyl (C=O) groups is 5. The van der Waals surface area contributed by atoms with Crippen molar-refractivity contribution in [2.24, 2.45) is 11.0 Å². The van der Waals surface area contributed by atoms with Crippen LogP contribution in [0.5, 0.6) is 0 Å². The zero-order chi connectivity index (χ0) is 45.4. The molecule has 0 aromatic heterocycles. The number of carbonyl (C=O) groups excluding carboxylic acids is 4. The van der Waals surface area contributed by atoms with E-state index in [0.29, 0.717) is 118 Å². The van der Waals surface area contributed by atoms with Gasteiger partial charge < -0.3 is 73.7 Å². The van der Waals surface area contributed by atoms with Gasteiger partial charge in [-0.1, -0.05) is 19.0 Å². The number of rotatable bonds is 41. The maximum Gasteiger partial charge on any atom is 0.407 e. The quantitative estimate of drug-likeness (QED) is 0.0247. The molecule has 0 aromatic carbocycles. The lowest BCUT2D eigenvalue weighted by atomic mass is 10.0. The Kier molecular flexibility index (Phi) is 36.5. The van der Waals surface area contributed by atoms with Gasteiger partial charge in [0.15, 0.2) is 0 Å². The molecule has 23 nitrogen and oxygen atoms in total. The summed E-state index contributed by atoms with van der Waals surface area (Å²) in [5, 5.41) is 23.2. The standard InChI is InChI=1S/C38H71N7O16/c1-30(2)34(35(48)43-31(36(49)50)8-6-7-9-41-37(51)61-38(3,4)5)44-33(47)29-60-28-32(46)40-10-12-52-14-16-54-18-20-56-22-24-58-26-27-59-25-23-57-21-19-55-17-15-53-13-11-42-45-39/h30-31,34H,6-29H2,1-5H3,(H,40,46)(H,41,51)(H,43,48)(H,44,47)(H,49,50)/t31-,34-/m0/s1. The van der Waals surface area contributed by atoms with E-state index in [9.17, 15) is 29.1 Å². The molecule has 0 fully saturated rings. The Bertz CT molecular complexity index is 1220. The fourth-order valence-corrected chi connectivity index (χ4v) is 4.59. The van der Waals surface area contributed by atoms with Crippen LogP contribution >= 0.6 is 0 Å². The highest BCUT2D eigenvalue weighted by atomic mass is 16.6. The lowest BCUT2D eigenvalue weighted by Gasteiger charge is -2.24. The van der Waals surface area contributed by atoms with E-state index in [1.165, 1.54) is 0 Å². The van der Waals surface area contributed by atoms with Gasteiger partial charge in [0.2, 0.25) is 17.7 Å². The summed E-state index contributed by atoms with van der Waals surface area (Å²) in [7, 11) is 0. The third-order valence-corrected chi connectivity index (χ3v) is 7.51. The fourth-order valence-electron chi connectivity index (χ4n) is 4.59. The number of carboxylic acids is 1. The van der Waals surface area contributed by atoms with Crippen LogP contribution in [0.1, 0.15) is 53.9 Å². The van der Waals surface area contributed by atoms with Gasteiger partial charge in [0.05, 0.1) is 106 Å². The Hall–Kier alpha value is -3.90. The summed E-state index contributed by atoms with van der Waals surface area (Å²) in [5.41, 5.74) is 7.52. The summed E-state index contributed by atoms with van der Waals surface area (Å²) in [4.78, 5) is 63.6. The summed E-state index contributed by atoms with van der Waals surface area (Å²) >= 11 is 0. The van der Waals surface area contributed by atoms with Gasteiger partial charge in [0.1, 0.15) is 30.9 Å². The Balaban J connectivity index is 3.77. The molecule has 0 aliphatic rings. The normalized spacial score (nSPS) is 12.3. The van der Waals surface area contributed by atoms with Crippen molar-refractivity contribution < 1.29 is 76.4 Å². The van der Waals surface area contributed by atoms with Crippen molar-refractivity contribution in [3.63, 3.8) is 0 Å². The molecule has 0 aromatic rings. The molecule has 0 aliphatic heterocycles. The van der Waals surface area contributed by atoms with E-state index in [1.54, 1.807) is 34.6 Å². The molecular weight excluding hydrogens is 810 g/mol. The summed E-state index contributed by atoms with van der Waals surface area (Å²) in [6.45, 7) is 15.0. The van der Waals surface area contributed by atoms with Gasteiger partial charge in [0, 0.05) is 24.5 Å². The van der Waals surface area contributed by atoms with Crippen molar-refractivity contribution in [3.8, 4) is 0 Å². The number of ether oxygens (including phenoxy) is 10. The number of amides is 4. The Morgan fingerprint density at radius 3 is 1.51 bits per heavy atom. The molecule has 0 rings (SSSR count). The minimum Gasteiger partial charge on any atom is -0.480 e. The SMILES string of the molecule is CC(C)[C@H](NC(=O)COCC(=O)NCCOCCOCCOCCOCCOCCOCCOCCOCCN=[N+]=[N-])C(=O)N[C@@H](CCCCNC(=O)OC(C)(C)C)C(=O)O. The lowest BCUT2D eigenvalue weighted by molar-refractivity contribution is -0.142. The average Bonchev–Trinajstić information content (AvgIpc) is 3.19. The first-order valence-corrected chi connectivity index (χ1v) is 20.5. The smallest absolute Gasteiger partial charge is 0.407 e. The molecule has 0 aliphatic carbocycles. The van der Waals surface area contributed by atoms with E-state index in [1.807, 2.05) is 0 Å². The number of nitrogens with zero attached hydrogens (tertiary/aromatic N) is 3. The first kappa shape index (κ1) is 57.1. The van der Waals surface area contributed by atoms with Gasteiger partial charge >= 0.3 is 12.1 Å². The third-order valence-electron chi connectivity index (χ3n) is 7.51. The average molecular weight is 882 g/mol. The van der Waals surface area contributed by atoms with Crippen LogP contribution in [0.15, 0.2) is 5.11 Å². The molecule has 0 bridgehead atoms. The third kappa shape index (κ3) is 38.7. The zero-order valence-corrected chi connectivity index (χ0v) is 36.6. The Morgan fingerprint density at radius 1 is 0.607 bits per heavy atom. The van der Waals surface area contributed by atoms with E-state index in [-0.39, 0.29) is 32.0 Å². The molecular formula is C38H71N7O16. The molecule has 4 amide bonds. The number of nitrogens with one attached hydrogen (secondary N) is 4. The van der Waals surface area contributed by atoms with Gasteiger partial charge in [-0.3, -0.25) is 14.4 Å². The van der Waals surface area contributed by atoms with Gasteiger partial charge in [-0.05, 0) is 51.5 Å². The van der Waals surface area contributed by atoms with Gasteiger partial charge in [-0.15, -0.1) is 0 Å². The maximum absolute atomic E-state index is 12.9.